The molecule has 0 fully saturated rings. The first-order valence-electron chi connectivity index (χ1n) is 7.78. The molecule has 1 rings (SSSR count). The van der Waals surface area contributed by atoms with Crippen molar-refractivity contribution in [1.29, 1.82) is 0 Å². The molecule has 0 atom stereocenters. The monoisotopic (exact) mass is 322 g/mol. The van der Waals surface area contributed by atoms with Crippen molar-refractivity contribution in [3.05, 3.63) is 42.0 Å². The Kier molecular flexibility index (Phi) is 11.7. The van der Waals surface area contributed by atoms with E-state index in [9.17, 15) is 4.79 Å². The summed E-state index contributed by atoms with van der Waals surface area (Å²) in [5.74, 6) is -0.185. The maximum absolute atomic E-state index is 11.5. The summed E-state index contributed by atoms with van der Waals surface area (Å²) in [4.78, 5) is 11.5. The van der Waals surface area contributed by atoms with Crippen LogP contribution in [-0.2, 0) is 19.0 Å². The standard InChI is InChI=1S/C17H26N2O4/c1-2-21-14-18-10-11-22-12-13-23-15-19-17(20)9-8-16-6-4-3-5-7-16/h3-9,18H,2,10-15H2,1H3,(H,19,20). The van der Waals surface area contributed by atoms with Gasteiger partial charge in [-0.25, -0.2) is 0 Å². The number of rotatable bonds is 13. The Morgan fingerprint density at radius 2 is 1.83 bits per heavy atom. The van der Waals surface area contributed by atoms with Crippen LogP contribution in [0.25, 0.3) is 6.08 Å². The Morgan fingerprint density at radius 3 is 2.61 bits per heavy atom. The fourth-order valence-electron chi connectivity index (χ4n) is 1.60. The Labute approximate surface area is 137 Å². The number of ether oxygens (including phenoxy) is 3. The zero-order valence-electron chi connectivity index (χ0n) is 13.6. The van der Waals surface area contributed by atoms with E-state index in [1.54, 1.807) is 6.08 Å². The Hall–Kier alpha value is -1.73. The summed E-state index contributed by atoms with van der Waals surface area (Å²) in [6, 6.07) is 9.64. The van der Waals surface area contributed by atoms with Gasteiger partial charge in [0.2, 0.25) is 5.91 Å². The molecule has 128 valence electrons. The second kappa shape index (κ2) is 13.9. The number of nitrogens with one attached hydrogen (secondary N) is 2. The maximum atomic E-state index is 11.5. The van der Waals surface area contributed by atoms with Crippen LogP contribution in [0.2, 0.25) is 0 Å². The van der Waals surface area contributed by atoms with Gasteiger partial charge in [0.15, 0.2) is 0 Å². The van der Waals surface area contributed by atoms with Gasteiger partial charge in [0.25, 0.3) is 0 Å². The van der Waals surface area contributed by atoms with Gasteiger partial charge in [-0.3, -0.25) is 10.1 Å². The summed E-state index contributed by atoms with van der Waals surface area (Å²) in [5, 5.41) is 5.72. The number of carbonyl (C=O) groups excluding carboxylic acids is 1. The van der Waals surface area contributed by atoms with Crippen LogP contribution in [0.1, 0.15) is 12.5 Å². The predicted octanol–water partition coefficient (Wildman–Crippen LogP) is 1.39. The van der Waals surface area contributed by atoms with Crippen molar-refractivity contribution in [1.82, 2.24) is 10.6 Å². The average molecular weight is 322 g/mol. The quantitative estimate of drug-likeness (QED) is 0.326. The van der Waals surface area contributed by atoms with Gasteiger partial charge >= 0.3 is 0 Å². The minimum atomic E-state index is -0.185. The Bertz CT molecular complexity index is 437. The van der Waals surface area contributed by atoms with Gasteiger partial charge in [-0.15, -0.1) is 0 Å². The molecule has 0 saturated carbocycles. The van der Waals surface area contributed by atoms with Crippen molar-refractivity contribution in [3.63, 3.8) is 0 Å². The van der Waals surface area contributed by atoms with Gasteiger partial charge in [-0.1, -0.05) is 30.3 Å². The van der Waals surface area contributed by atoms with E-state index < -0.39 is 0 Å². The van der Waals surface area contributed by atoms with E-state index in [2.05, 4.69) is 10.6 Å². The second-order valence-corrected chi connectivity index (χ2v) is 4.59. The molecule has 0 spiro atoms. The minimum absolute atomic E-state index is 0.171. The molecule has 2 N–H and O–H groups in total. The maximum Gasteiger partial charge on any atom is 0.245 e. The van der Waals surface area contributed by atoms with Gasteiger partial charge in [0, 0.05) is 19.2 Å². The summed E-state index contributed by atoms with van der Waals surface area (Å²) in [5.41, 5.74) is 0.981. The lowest BCUT2D eigenvalue weighted by atomic mass is 10.2. The number of benzene rings is 1. The molecule has 0 aliphatic carbocycles. The van der Waals surface area contributed by atoms with Crippen LogP contribution < -0.4 is 10.6 Å². The summed E-state index contributed by atoms with van der Waals surface area (Å²) < 4.78 is 15.7. The van der Waals surface area contributed by atoms with E-state index in [-0.39, 0.29) is 12.6 Å². The van der Waals surface area contributed by atoms with Crippen LogP contribution in [0.5, 0.6) is 0 Å². The molecular formula is C17H26N2O4. The third-order valence-electron chi connectivity index (χ3n) is 2.78. The fourth-order valence-corrected chi connectivity index (χ4v) is 1.60. The molecule has 1 aromatic carbocycles. The smallest absolute Gasteiger partial charge is 0.245 e. The second-order valence-electron chi connectivity index (χ2n) is 4.59. The molecule has 0 aliphatic rings. The van der Waals surface area contributed by atoms with Crippen LogP contribution >= 0.6 is 0 Å². The largest absolute Gasteiger partial charge is 0.378 e. The highest BCUT2D eigenvalue weighted by molar-refractivity contribution is 5.91. The van der Waals surface area contributed by atoms with Gasteiger partial charge in [0.1, 0.15) is 6.73 Å². The highest BCUT2D eigenvalue weighted by atomic mass is 16.5. The summed E-state index contributed by atoms with van der Waals surface area (Å²) in [6.45, 7) is 5.63. The highest BCUT2D eigenvalue weighted by Crippen LogP contribution is 2.00. The predicted molar refractivity (Wildman–Crippen MR) is 89.8 cm³/mol. The van der Waals surface area contributed by atoms with Crippen LogP contribution in [0.3, 0.4) is 0 Å². The van der Waals surface area contributed by atoms with E-state index in [4.69, 9.17) is 14.2 Å². The molecule has 6 nitrogen and oxygen atoms in total. The molecule has 0 unspecified atom stereocenters. The summed E-state index contributed by atoms with van der Waals surface area (Å²) in [6.07, 6.45) is 3.24. The van der Waals surface area contributed by atoms with Crippen LogP contribution in [0, 0.1) is 0 Å². The Balaban J connectivity index is 1.91. The first kappa shape index (κ1) is 19.3. The normalized spacial score (nSPS) is 11.0. The first-order valence-corrected chi connectivity index (χ1v) is 7.78. The van der Waals surface area contributed by atoms with E-state index in [1.807, 2.05) is 37.3 Å². The van der Waals surface area contributed by atoms with Gasteiger partial charge < -0.3 is 19.5 Å². The van der Waals surface area contributed by atoms with Crippen molar-refractivity contribution in [2.45, 2.75) is 6.92 Å². The molecule has 1 amide bonds. The van der Waals surface area contributed by atoms with E-state index >= 15 is 0 Å². The molecule has 6 heteroatoms. The molecule has 0 radical (unpaired) electrons. The lowest BCUT2D eigenvalue weighted by Gasteiger charge is -2.07. The molecule has 1 aromatic rings. The summed E-state index contributed by atoms with van der Waals surface area (Å²) in [7, 11) is 0. The topological polar surface area (TPSA) is 68.8 Å². The van der Waals surface area contributed by atoms with Crippen molar-refractivity contribution < 1.29 is 19.0 Å². The number of amides is 1. The molecule has 0 aromatic heterocycles. The average Bonchev–Trinajstić information content (AvgIpc) is 2.59. The van der Waals surface area contributed by atoms with Crippen molar-refractivity contribution >= 4 is 12.0 Å². The Morgan fingerprint density at radius 1 is 1.04 bits per heavy atom. The number of hydrogen-bond acceptors (Lipinski definition) is 5. The highest BCUT2D eigenvalue weighted by Gasteiger charge is 1.95. The van der Waals surface area contributed by atoms with Crippen molar-refractivity contribution in [2.24, 2.45) is 0 Å². The zero-order valence-corrected chi connectivity index (χ0v) is 13.6. The van der Waals surface area contributed by atoms with Gasteiger partial charge in [-0.05, 0) is 18.6 Å². The third-order valence-corrected chi connectivity index (χ3v) is 2.78. The van der Waals surface area contributed by atoms with Crippen LogP contribution in [0.15, 0.2) is 36.4 Å². The van der Waals surface area contributed by atoms with Crippen LogP contribution in [0.4, 0.5) is 0 Å². The lowest BCUT2D eigenvalue weighted by molar-refractivity contribution is -0.118. The molecule has 0 heterocycles. The lowest BCUT2D eigenvalue weighted by Crippen LogP contribution is -2.26. The SMILES string of the molecule is CCOCNCCOCCOCNC(=O)C=Cc1ccccc1. The molecule has 0 saturated heterocycles. The number of carbonyl (C=O) groups is 1. The number of hydrogen-bond donors (Lipinski definition) is 2. The molecule has 23 heavy (non-hydrogen) atoms. The van der Waals surface area contributed by atoms with Crippen LogP contribution in [-0.4, -0.2) is 52.3 Å². The fraction of sp³-hybridized carbons (Fsp3) is 0.471. The van der Waals surface area contributed by atoms with E-state index in [0.29, 0.717) is 33.2 Å². The molecule has 0 aliphatic heterocycles. The molecule has 0 bridgehead atoms. The zero-order chi connectivity index (χ0) is 16.6. The van der Waals surface area contributed by atoms with E-state index in [1.165, 1.54) is 6.08 Å². The third kappa shape index (κ3) is 11.5. The van der Waals surface area contributed by atoms with E-state index in [0.717, 1.165) is 12.1 Å². The first-order chi connectivity index (χ1) is 11.3. The van der Waals surface area contributed by atoms with Gasteiger partial charge in [0.05, 0.1) is 26.6 Å². The van der Waals surface area contributed by atoms with Crippen molar-refractivity contribution in [2.75, 3.05) is 46.4 Å². The van der Waals surface area contributed by atoms with Crippen molar-refractivity contribution in [3.8, 4) is 0 Å². The van der Waals surface area contributed by atoms with Gasteiger partial charge in [-0.2, -0.15) is 0 Å². The molecular weight excluding hydrogens is 296 g/mol. The summed E-state index contributed by atoms with van der Waals surface area (Å²) >= 11 is 0. The minimum Gasteiger partial charge on any atom is -0.378 e.